The van der Waals surface area contributed by atoms with Crippen LogP contribution in [0.15, 0.2) is 54.6 Å². The van der Waals surface area contributed by atoms with Gasteiger partial charge in [0, 0.05) is 17.9 Å². The van der Waals surface area contributed by atoms with E-state index in [1.165, 1.54) is 0 Å². The molecular weight excluding hydrogens is 288 g/mol. The van der Waals surface area contributed by atoms with E-state index in [0.717, 1.165) is 23.4 Å². The van der Waals surface area contributed by atoms with Crippen LogP contribution in [0, 0.1) is 5.92 Å². The van der Waals surface area contributed by atoms with E-state index in [1.807, 2.05) is 61.5 Å². The van der Waals surface area contributed by atoms with E-state index in [4.69, 9.17) is 0 Å². The average molecular weight is 308 g/mol. The Hall–Kier alpha value is -2.62. The Morgan fingerprint density at radius 1 is 1.13 bits per heavy atom. The molecule has 0 saturated carbocycles. The van der Waals surface area contributed by atoms with E-state index in [9.17, 15) is 9.59 Å². The van der Waals surface area contributed by atoms with E-state index in [2.05, 4.69) is 5.32 Å². The zero-order valence-corrected chi connectivity index (χ0v) is 13.2. The summed E-state index contributed by atoms with van der Waals surface area (Å²) in [6.45, 7) is 2.62. The van der Waals surface area contributed by atoms with Crippen LogP contribution in [0.5, 0.6) is 0 Å². The lowest BCUT2D eigenvalue weighted by atomic mass is 10.1. The first kappa shape index (κ1) is 15.3. The van der Waals surface area contributed by atoms with Crippen LogP contribution in [0.25, 0.3) is 0 Å². The topological polar surface area (TPSA) is 49.4 Å². The lowest BCUT2D eigenvalue weighted by Gasteiger charge is -2.17. The van der Waals surface area contributed by atoms with Gasteiger partial charge < -0.3 is 10.2 Å². The highest BCUT2D eigenvalue weighted by molar-refractivity contribution is 6.13. The highest BCUT2D eigenvalue weighted by Gasteiger charge is 2.37. The highest BCUT2D eigenvalue weighted by Crippen LogP contribution is 2.26. The van der Waals surface area contributed by atoms with Crippen LogP contribution in [0.2, 0.25) is 0 Å². The minimum atomic E-state index is -0.611. The average Bonchev–Trinajstić information content (AvgIpc) is 2.98. The number of benzene rings is 2. The number of amides is 2. The Labute approximate surface area is 136 Å². The summed E-state index contributed by atoms with van der Waals surface area (Å²) in [5.74, 6) is -0.947. The Morgan fingerprint density at radius 3 is 2.57 bits per heavy atom. The molecule has 1 saturated heterocycles. The van der Waals surface area contributed by atoms with E-state index >= 15 is 0 Å². The lowest BCUT2D eigenvalue weighted by molar-refractivity contribution is -0.129. The molecule has 0 spiro atoms. The Morgan fingerprint density at radius 2 is 1.83 bits per heavy atom. The molecule has 2 amide bonds. The van der Waals surface area contributed by atoms with Gasteiger partial charge in [-0.3, -0.25) is 9.59 Å². The van der Waals surface area contributed by atoms with Gasteiger partial charge in [0.15, 0.2) is 0 Å². The van der Waals surface area contributed by atoms with Gasteiger partial charge in [0.1, 0.15) is 5.92 Å². The smallest absolute Gasteiger partial charge is 0.239 e. The molecule has 1 aliphatic heterocycles. The largest absolute Gasteiger partial charge is 0.325 e. The molecule has 0 bridgehead atoms. The fourth-order valence-electron chi connectivity index (χ4n) is 2.96. The molecule has 2 aromatic rings. The lowest BCUT2D eigenvalue weighted by Crippen LogP contribution is -2.33. The predicted molar refractivity (Wildman–Crippen MR) is 91.4 cm³/mol. The standard InChI is InChI=1S/C19H20N2O2/c1-2-14-8-6-7-11-17(14)20-18(22)16-12-13-21(19(16)23)15-9-4-3-5-10-15/h3-11,16H,2,12-13H2,1H3,(H,20,22)/t16-/m1/s1. The van der Waals surface area contributed by atoms with Gasteiger partial charge in [0.2, 0.25) is 11.8 Å². The summed E-state index contributed by atoms with van der Waals surface area (Å²) in [6.07, 6.45) is 1.39. The molecule has 118 valence electrons. The summed E-state index contributed by atoms with van der Waals surface area (Å²) < 4.78 is 0. The molecule has 1 heterocycles. The second-order valence-electron chi connectivity index (χ2n) is 5.67. The monoisotopic (exact) mass is 308 g/mol. The molecule has 0 unspecified atom stereocenters. The molecular formula is C19H20N2O2. The third-order valence-corrected chi connectivity index (χ3v) is 4.25. The number of hydrogen-bond acceptors (Lipinski definition) is 2. The number of rotatable bonds is 4. The molecule has 4 heteroatoms. The maximum atomic E-state index is 12.6. The highest BCUT2D eigenvalue weighted by atomic mass is 16.2. The molecule has 1 aliphatic rings. The van der Waals surface area contributed by atoms with Crippen LogP contribution >= 0.6 is 0 Å². The van der Waals surface area contributed by atoms with E-state index in [1.54, 1.807) is 4.90 Å². The third kappa shape index (κ3) is 3.11. The fourth-order valence-corrected chi connectivity index (χ4v) is 2.96. The zero-order chi connectivity index (χ0) is 16.2. The maximum absolute atomic E-state index is 12.6. The number of hydrogen-bond donors (Lipinski definition) is 1. The maximum Gasteiger partial charge on any atom is 0.239 e. The summed E-state index contributed by atoms with van der Waals surface area (Å²) in [5.41, 5.74) is 2.72. The van der Waals surface area contributed by atoms with Gasteiger partial charge in [0.25, 0.3) is 0 Å². The summed E-state index contributed by atoms with van der Waals surface area (Å²) in [5, 5.41) is 2.92. The van der Waals surface area contributed by atoms with Gasteiger partial charge in [-0.2, -0.15) is 0 Å². The summed E-state index contributed by atoms with van der Waals surface area (Å²) in [4.78, 5) is 26.8. The SMILES string of the molecule is CCc1ccccc1NC(=O)[C@H]1CCN(c2ccccc2)C1=O. The predicted octanol–water partition coefficient (Wildman–Crippen LogP) is 3.24. The van der Waals surface area contributed by atoms with Crippen molar-refractivity contribution in [3.8, 4) is 0 Å². The van der Waals surface area contributed by atoms with Gasteiger partial charge in [-0.05, 0) is 36.6 Å². The summed E-state index contributed by atoms with van der Waals surface area (Å²) >= 11 is 0. The van der Waals surface area contributed by atoms with Gasteiger partial charge in [-0.25, -0.2) is 0 Å². The number of aryl methyl sites for hydroxylation is 1. The van der Waals surface area contributed by atoms with Crippen molar-refractivity contribution in [2.24, 2.45) is 5.92 Å². The molecule has 0 aliphatic carbocycles. The molecule has 0 radical (unpaired) electrons. The van der Waals surface area contributed by atoms with E-state index in [0.29, 0.717) is 13.0 Å². The first-order valence-corrected chi connectivity index (χ1v) is 7.96. The number of para-hydroxylation sites is 2. The molecule has 4 nitrogen and oxygen atoms in total. The molecule has 1 N–H and O–H groups in total. The van der Waals surface area contributed by atoms with Crippen molar-refractivity contribution in [1.29, 1.82) is 0 Å². The van der Waals surface area contributed by atoms with Crippen LogP contribution in [-0.4, -0.2) is 18.4 Å². The van der Waals surface area contributed by atoms with Gasteiger partial charge >= 0.3 is 0 Å². The van der Waals surface area contributed by atoms with E-state index in [-0.39, 0.29) is 11.8 Å². The van der Waals surface area contributed by atoms with Crippen LogP contribution < -0.4 is 10.2 Å². The van der Waals surface area contributed by atoms with Crippen molar-refractivity contribution < 1.29 is 9.59 Å². The minimum Gasteiger partial charge on any atom is -0.325 e. The van der Waals surface area contributed by atoms with Gasteiger partial charge in [-0.1, -0.05) is 43.3 Å². The molecule has 1 atom stereocenters. The molecule has 3 rings (SSSR count). The first-order chi connectivity index (χ1) is 11.2. The zero-order valence-electron chi connectivity index (χ0n) is 13.2. The number of carbonyl (C=O) groups excluding carboxylic acids is 2. The quantitative estimate of drug-likeness (QED) is 0.882. The van der Waals surface area contributed by atoms with Crippen molar-refractivity contribution in [2.45, 2.75) is 19.8 Å². The molecule has 2 aromatic carbocycles. The number of carbonyl (C=O) groups is 2. The molecule has 1 fully saturated rings. The van der Waals surface area contributed by atoms with Crippen LogP contribution in [-0.2, 0) is 16.0 Å². The van der Waals surface area contributed by atoms with Crippen molar-refractivity contribution >= 4 is 23.2 Å². The Kier molecular flexibility index (Phi) is 4.42. The van der Waals surface area contributed by atoms with Crippen molar-refractivity contribution in [2.75, 3.05) is 16.8 Å². The summed E-state index contributed by atoms with van der Waals surface area (Å²) in [7, 11) is 0. The molecule has 0 aromatic heterocycles. The number of nitrogens with one attached hydrogen (secondary N) is 1. The second-order valence-corrected chi connectivity index (χ2v) is 5.67. The minimum absolute atomic E-state index is 0.123. The Balaban J connectivity index is 1.73. The van der Waals surface area contributed by atoms with Gasteiger partial charge in [-0.15, -0.1) is 0 Å². The van der Waals surface area contributed by atoms with E-state index < -0.39 is 5.92 Å². The number of anilines is 2. The second kappa shape index (κ2) is 6.65. The van der Waals surface area contributed by atoms with Crippen molar-refractivity contribution in [3.05, 3.63) is 60.2 Å². The Bertz CT molecular complexity index is 712. The fraction of sp³-hybridized carbons (Fsp3) is 0.263. The van der Waals surface area contributed by atoms with Crippen LogP contribution in [0.1, 0.15) is 18.9 Å². The van der Waals surface area contributed by atoms with Crippen LogP contribution in [0.3, 0.4) is 0 Å². The van der Waals surface area contributed by atoms with Crippen molar-refractivity contribution in [1.82, 2.24) is 0 Å². The van der Waals surface area contributed by atoms with Gasteiger partial charge in [0.05, 0.1) is 0 Å². The van der Waals surface area contributed by atoms with Crippen molar-refractivity contribution in [3.63, 3.8) is 0 Å². The normalized spacial score (nSPS) is 17.3. The third-order valence-electron chi connectivity index (χ3n) is 4.25. The number of nitrogens with zero attached hydrogens (tertiary/aromatic N) is 1. The first-order valence-electron chi connectivity index (χ1n) is 7.96. The summed E-state index contributed by atoms with van der Waals surface area (Å²) in [6, 6.07) is 17.2. The van der Waals surface area contributed by atoms with Crippen LogP contribution in [0.4, 0.5) is 11.4 Å². The molecule has 23 heavy (non-hydrogen) atoms.